The standard InChI is InChI=1S/C11H18.2ClH.Ti/c1-3-6-10-8-5-9-11(10)7-4-2;;;/h5,8H,3-4,6-7,9H2,1-2H3;2*1H;/q;;;+2/p-2. The van der Waals surface area contributed by atoms with Crippen molar-refractivity contribution in [2.24, 2.45) is 0 Å². The first-order chi connectivity index (χ1) is 6.79. The Morgan fingerprint density at radius 1 is 1.21 bits per heavy atom. The molecule has 0 saturated heterocycles. The van der Waals surface area contributed by atoms with E-state index in [0.29, 0.717) is 0 Å². The van der Waals surface area contributed by atoms with Gasteiger partial charge in [-0.2, -0.15) is 0 Å². The van der Waals surface area contributed by atoms with Gasteiger partial charge in [0.2, 0.25) is 0 Å². The summed E-state index contributed by atoms with van der Waals surface area (Å²) in [5.74, 6) is 0. The zero-order valence-electron chi connectivity index (χ0n) is 8.95. The monoisotopic (exact) mass is 268 g/mol. The molecule has 1 rings (SSSR count). The van der Waals surface area contributed by atoms with Gasteiger partial charge in [0.25, 0.3) is 0 Å². The normalized spacial score (nSPS) is 14.0. The quantitative estimate of drug-likeness (QED) is 0.614. The van der Waals surface area contributed by atoms with Crippen LogP contribution in [0.15, 0.2) is 23.3 Å². The third kappa shape index (κ3) is 6.29. The summed E-state index contributed by atoms with van der Waals surface area (Å²) >= 11 is -0.556. The van der Waals surface area contributed by atoms with Crippen LogP contribution in [0.5, 0.6) is 0 Å². The molecule has 0 fully saturated rings. The van der Waals surface area contributed by atoms with E-state index in [1.54, 1.807) is 11.1 Å². The van der Waals surface area contributed by atoms with Crippen LogP contribution in [-0.2, 0) is 17.0 Å². The summed E-state index contributed by atoms with van der Waals surface area (Å²) in [6.07, 6.45) is 11.0. The number of hydrogen-bond donors (Lipinski definition) is 0. The fraction of sp³-hybridized carbons (Fsp3) is 0.636. The zero-order chi connectivity index (χ0) is 10.8. The van der Waals surface area contributed by atoms with E-state index in [2.05, 4.69) is 26.0 Å². The Bertz CT molecular complexity index is 197. The molecule has 1 aliphatic rings. The Hall–Kier alpha value is 0.774. The third-order valence-electron chi connectivity index (χ3n) is 2.21. The van der Waals surface area contributed by atoms with Crippen molar-refractivity contribution >= 4 is 18.6 Å². The van der Waals surface area contributed by atoms with Gasteiger partial charge >= 0.3 is 35.6 Å². The summed E-state index contributed by atoms with van der Waals surface area (Å²) in [4.78, 5) is 0. The van der Waals surface area contributed by atoms with Crippen molar-refractivity contribution in [1.82, 2.24) is 0 Å². The van der Waals surface area contributed by atoms with E-state index in [9.17, 15) is 0 Å². The first-order valence-corrected chi connectivity index (χ1v) is 9.43. The summed E-state index contributed by atoms with van der Waals surface area (Å²) in [6.45, 7) is 4.51. The van der Waals surface area contributed by atoms with Crippen molar-refractivity contribution in [2.75, 3.05) is 0 Å². The Morgan fingerprint density at radius 2 is 1.79 bits per heavy atom. The number of hydrogen-bond acceptors (Lipinski definition) is 0. The second-order valence-electron chi connectivity index (χ2n) is 3.31. The summed E-state index contributed by atoms with van der Waals surface area (Å²) < 4.78 is 0. The molecular weight excluding hydrogens is 251 g/mol. The van der Waals surface area contributed by atoms with Gasteiger partial charge in [-0.25, -0.2) is 0 Å². The summed E-state index contributed by atoms with van der Waals surface area (Å²) in [5.41, 5.74) is 3.31. The average molecular weight is 269 g/mol. The van der Waals surface area contributed by atoms with Crippen molar-refractivity contribution < 1.29 is 17.0 Å². The van der Waals surface area contributed by atoms with Gasteiger partial charge in [-0.3, -0.25) is 0 Å². The topological polar surface area (TPSA) is 0 Å². The second-order valence-corrected chi connectivity index (χ2v) is 5.89. The predicted molar refractivity (Wildman–Crippen MR) is 62.3 cm³/mol. The maximum atomic E-state index is 4.89. The van der Waals surface area contributed by atoms with Gasteiger partial charge < -0.3 is 0 Å². The first kappa shape index (κ1) is 14.8. The molecule has 0 unspecified atom stereocenters. The molecule has 0 amide bonds. The summed E-state index contributed by atoms with van der Waals surface area (Å²) in [5, 5.41) is 0. The molecule has 0 aromatic carbocycles. The van der Waals surface area contributed by atoms with Crippen LogP contribution >= 0.6 is 18.6 Å². The van der Waals surface area contributed by atoms with E-state index in [0.717, 1.165) is 0 Å². The fourth-order valence-corrected chi connectivity index (χ4v) is 1.69. The Labute approximate surface area is 104 Å². The Kier molecular flexibility index (Phi) is 10.9. The number of halogens is 2. The minimum absolute atomic E-state index is 0.556. The molecule has 0 atom stereocenters. The minimum atomic E-state index is -0.556. The number of rotatable bonds is 4. The van der Waals surface area contributed by atoms with Crippen LogP contribution in [0.3, 0.4) is 0 Å². The molecule has 0 aliphatic heterocycles. The molecule has 0 N–H and O–H groups in total. The van der Waals surface area contributed by atoms with Crippen LogP contribution in [0.25, 0.3) is 0 Å². The van der Waals surface area contributed by atoms with Crippen molar-refractivity contribution in [3.63, 3.8) is 0 Å². The number of allylic oxidation sites excluding steroid dienone is 4. The molecule has 0 saturated carbocycles. The second kappa shape index (κ2) is 10.3. The van der Waals surface area contributed by atoms with Crippen LogP contribution in [0.4, 0.5) is 0 Å². The van der Waals surface area contributed by atoms with Crippen LogP contribution in [0.2, 0.25) is 0 Å². The van der Waals surface area contributed by atoms with E-state index in [1.807, 2.05) is 0 Å². The molecule has 0 spiro atoms. The van der Waals surface area contributed by atoms with Crippen LogP contribution < -0.4 is 0 Å². The molecule has 0 aromatic rings. The van der Waals surface area contributed by atoms with E-state index in [4.69, 9.17) is 18.6 Å². The Morgan fingerprint density at radius 3 is 2.29 bits per heavy atom. The molecule has 1 aliphatic carbocycles. The Balaban J connectivity index is 0.000000500. The van der Waals surface area contributed by atoms with E-state index in [1.165, 1.54) is 32.1 Å². The van der Waals surface area contributed by atoms with Gasteiger partial charge in [-0.1, -0.05) is 44.4 Å². The van der Waals surface area contributed by atoms with Gasteiger partial charge in [-0.05, 0) is 24.8 Å². The maximum absolute atomic E-state index is 4.89. The van der Waals surface area contributed by atoms with Crippen molar-refractivity contribution in [3.05, 3.63) is 23.3 Å². The van der Waals surface area contributed by atoms with Gasteiger partial charge in [0.1, 0.15) is 0 Å². The average Bonchev–Trinajstić information content (AvgIpc) is 2.56. The molecule has 3 heteroatoms. The predicted octanol–water partition coefficient (Wildman–Crippen LogP) is 5.22. The molecule has 0 aromatic heterocycles. The molecule has 0 bridgehead atoms. The molecule has 80 valence electrons. The summed E-state index contributed by atoms with van der Waals surface area (Å²) in [7, 11) is 9.78. The van der Waals surface area contributed by atoms with Gasteiger partial charge in [0, 0.05) is 0 Å². The van der Waals surface area contributed by atoms with Crippen LogP contribution in [-0.4, -0.2) is 0 Å². The molecule has 0 heterocycles. The first-order valence-electron chi connectivity index (χ1n) is 5.13. The van der Waals surface area contributed by atoms with Crippen LogP contribution in [0, 0.1) is 0 Å². The van der Waals surface area contributed by atoms with E-state index in [-0.39, 0.29) is 0 Å². The molecule has 0 radical (unpaired) electrons. The van der Waals surface area contributed by atoms with Crippen molar-refractivity contribution in [1.29, 1.82) is 0 Å². The van der Waals surface area contributed by atoms with Crippen molar-refractivity contribution in [2.45, 2.75) is 46.0 Å². The molecule has 14 heavy (non-hydrogen) atoms. The van der Waals surface area contributed by atoms with Crippen molar-refractivity contribution in [3.8, 4) is 0 Å². The van der Waals surface area contributed by atoms with E-state index >= 15 is 0 Å². The molecular formula is C11H18Cl2Ti. The zero-order valence-corrected chi connectivity index (χ0v) is 12.0. The van der Waals surface area contributed by atoms with E-state index < -0.39 is 17.0 Å². The van der Waals surface area contributed by atoms with Gasteiger partial charge in [0.05, 0.1) is 0 Å². The van der Waals surface area contributed by atoms with Gasteiger partial charge in [-0.15, -0.1) is 0 Å². The van der Waals surface area contributed by atoms with Crippen LogP contribution in [0.1, 0.15) is 46.0 Å². The third-order valence-corrected chi connectivity index (χ3v) is 2.21. The summed E-state index contributed by atoms with van der Waals surface area (Å²) in [6, 6.07) is 0. The SMILES string of the molecule is CCCC1=C(CCC)CC=C1.[Cl][Ti][Cl]. The fourth-order valence-electron chi connectivity index (χ4n) is 1.69. The molecule has 0 nitrogen and oxygen atoms in total. The van der Waals surface area contributed by atoms with Gasteiger partial charge in [0.15, 0.2) is 0 Å².